The Labute approximate surface area is 130 Å². The maximum atomic E-state index is 9.47. The highest BCUT2D eigenvalue weighted by Crippen LogP contribution is 2.32. The summed E-state index contributed by atoms with van der Waals surface area (Å²) in [4.78, 5) is 4.59. The number of nitrogens with one attached hydrogen (secondary N) is 1. The Balaban J connectivity index is 2.16. The number of nitrogens with zero attached hydrogens (tertiary/aromatic N) is 1. The predicted octanol–water partition coefficient (Wildman–Crippen LogP) is 4.08. The molecule has 3 nitrogen and oxygen atoms in total. The molecule has 22 heavy (non-hydrogen) atoms. The zero-order chi connectivity index (χ0) is 15.6. The van der Waals surface area contributed by atoms with Crippen molar-refractivity contribution >= 4 is 16.6 Å². The van der Waals surface area contributed by atoms with Crippen LogP contribution in [-0.2, 0) is 0 Å². The molecule has 0 aliphatic rings. The standard InChI is InChI=1S/C19H20N2O/c1-19(2,13-22)21-18-16-11-7-6-10-15(16)17(12-20-18)14-8-4-3-5-9-14/h3-12,22H,13H2,1-2H3,(H,20,21). The van der Waals surface area contributed by atoms with Gasteiger partial charge in [0.05, 0.1) is 12.1 Å². The summed E-state index contributed by atoms with van der Waals surface area (Å²) < 4.78 is 0. The average Bonchev–Trinajstić information content (AvgIpc) is 2.56. The predicted molar refractivity (Wildman–Crippen MR) is 92.0 cm³/mol. The number of aliphatic hydroxyl groups excluding tert-OH is 1. The van der Waals surface area contributed by atoms with Gasteiger partial charge >= 0.3 is 0 Å². The van der Waals surface area contributed by atoms with Crippen molar-refractivity contribution in [2.75, 3.05) is 11.9 Å². The first-order chi connectivity index (χ1) is 10.6. The SMILES string of the molecule is CC(C)(CO)Nc1ncc(-c2ccccc2)c2ccccc12. The van der Waals surface area contributed by atoms with E-state index < -0.39 is 5.54 Å². The number of benzene rings is 2. The molecular formula is C19H20N2O. The van der Waals surface area contributed by atoms with E-state index in [9.17, 15) is 5.11 Å². The lowest BCUT2D eigenvalue weighted by atomic mass is 9.99. The molecule has 0 aliphatic heterocycles. The summed E-state index contributed by atoms with van der Waals surface area (Å²) in [6.07, 6.45) is 1.90. The quantitative estimate of drug-likeness (QED) is 0.761. The molecule has 3 rings (SSSR count). The van der Waals surface area contributed by atoms with Crippen LogP contribution >= 0.6 is 0 Å². The van der Waals surface area contributed by atoms with Crippen molar-refractivity contribution in [1.29, 1.82) is 0 Å². The van der Waals surface area contributed by atoms with Gasteiger partial charge in [-0.05, 0) is 24.8 Å². The normalized spacial score (nSPS) is 11.6. The molecule has 112 valence electrons. The Morgan fingerprint density at radius 2 is 1.59 bits per heavy atom. The minimum Gasteiger partial charge on any atom is -0.394 e. The van der Waals surface area contributed by atoms with E-state index in [0.717, 1.165) is 27.7 Å². The molecule has 1 heterocycles. The highest BCUT2D eigenvalue weighted by atomic mass is 16.3. The largest absolute Gasteiger partial charge is 0.394 e. The van der Waals surface area contributed by atoms with Crippen molar-refractivity contribution in [2.45, 2.75) is 19.4 Å². The van der Waals surface area contributed by atoms with E-state index in [2.05, 4.69) is 34.6 Å². The third-order valence-electron chi connectivity index (χ3n) is 3.73. The maximum absolute atomic E-state index is 9.47. The molecular weight excluding hydrogens is 272 g/mol. The third-order valence-corrected chi connectivity index (χ3v) is 3.73. The van der Waals surface area contributed by atoms with Gasteiger partial charge in [-0.1, -0.05) is 54.6 Å². The molecule has 0 saturated heterocycles. The van der Waals surface area contributed by atoms with Crippen molar-refractivity contribution in [2.24, 2.45) is 0 Å². The van der Waals surface area contributed by atoms with Gasteiger partial charge in [-0.2, -0.15) is 0 Å². The van der Waals surface area contributed by atoms with Crippen LogP contribution in [0.15, 0.2) is 60.8 Å². The fourth-order valence-electron chi connectivity index (χ4n) is 2.50. The zero-order valence-corrected chi connectivity index (χ0v) is 12.9. The number of fused-ring (bicyclic) bond motifs is 1. The third kappa shape index (κ3) is 2.81. The Kier molecular flexibility index (Phi) is 3.82. The van der Waals surface area contributed by atoms with Crippen molar-refractivity contribution in [3.63, 3.8) is 0 Å². The first-order valence-electron chi connectivity index (χ1n) is 7.43. The van der Waals surface area contributed by atoms with Crippen LogP contribution in [0.4, 0.5) is 5.82 Å². The number of hydrogen-bond donors (Lipinski definition) is 2. The lowest BCUT2D eigenvalue weighted by Crippen LogP contribution is -2.35. The zero-order valence-electron chi connectivity index (χ0n) is 12.9. The van der Waals surface area contributed by atoms with Gasteiger partial charge in [-0.15, -0.1) is 0 Å². The molecule has 0 fully saturated rings. The van der Waals surface area contributed by atoms with E-state index in [-0.39, 0.29) is 6.61 Å². The van der Waals surface area contributed by atoms with Crippen LogP contribution < -0.4 is 5.32 Å². The lowest BCUT2D eigenvalue weighted by Gasteiger charge is -2.25. The highest BCUT2D eigenvalue weighted by Gasteiger charge is 2.18. The van der Waals surface area contributed by atoms with Gasteiger partial charge in [0.15, 0.2) is 0 Å². The minimum absolute atomic E-state index is 0.0451. The maximum Gasteiger partial charge on any atom is 0.134 e. The Hall–Kier alpha value is -2.39. The molecule has 0 spiro atoms. The lowest BCUT2D eigenvalue weighted by molar-refractivity contribution is 0.234. The summed E-state index contributed by atoms with van der Waals surface area (Å²) in [5.74, 6) is 0.800. The Morgan fingerprint density at radius 3 is 2.27 bits per heavy atom. The number of hydrogen-bond acceptors (Lipinski definition) is 3. The second kappa shape index (κ2) is 5.78. The molecule has 3 aromatic rings. The number of aliphatic hydroxyl groups is 1. The van der Waals surface area contributed by atoms with Gasteiger partial charge < -0.3 is 10.4 Å². The summed E-state index contributed by atoms with van der Waals surface area (Å²) in [5.41, 5.74) is 1.85. The summed E-state index contributed by atoms with van der Waals surface area (Å²) in [7, 11) is 0. The van der Waals surface area contributed by atoms with Crippen LogP contribution in [0.1, 0.15) is 13.8 Å². The van der Waals surface area contributed by atoms with Gasteiger partial charge in [0, 0.05) is 17.1 Å². The molecule has 1 aromatic heterocycles. The van der Waals surface area contributed by atoms with Gasteiger partial charge in [-0.3, -0.25) is 0 Å². The molecule has 2 aromatic carbocycles. The molecule has 0 radical (unpaired) electrons. The number of pyridine rings is 1. The molecule has 0 aliphatic carbocycles. The molecule has 3 heteroatoms. The topological polar surface area (TPSA) is 45.1 Å². The van der Waals surface area contributed by atoms with E-state index in [1.165, 1.54) is 0 Å². The summed E-state index contributed by atoms with van der Waals surface area (Å²) in [6.45, 7) is 3.95. The van der Waals surface area contributed by atoms with E-state index >= 15 is 0 Å². The number of anilines is 1. The van der Waals surface area contributed by atoms with Gasteiger partial charge in [0.25, 0.3) is 0 Å². The molecule has 0 bridgehead atoms. The van der Waals surface area contributed by atoms with Gasteiger partial charge in [0.1, 0.15) is 5.82 Å². The van der Waals surface area contributed by atoms with Crippen LogP contribution in [0.2, 0.25) is 0 Å². The molecule has 0 amide bonds. The van der Waals surface area contributed by atoms with Crippen molar-refractivity contribution < 1.29 is 5.11 Å². The Bertz CT molecular complexity index is 782. The number of aromatic nitrogens is 1. The average molecular weight is 292 g/mol. The molecule has 0 atom stereocenters. The fourth-order valence-corrected chi connectivity index (χ4v) is 2.50. The van der Waals surface area contributed by atoms with Crippen LogP contribution in [0, 0.1) is 0 Å². The summed E-state index contributed by atoms with van der Waals surface area (Å²) in [6, 6.07) is 18.5. The smallest absolute Gasteiger partial charge is 0.134 e. The van der Waals surface area contributed by atoms with Crippen LogP contribution in [0.25, 0.3) is 21.9 Å². The van der Waals surface area contributed by atoms with Gasteiger partial charge in [-0.25, -0.2) is 4.98 Å². The van der Waals surface area contributed by atoms with E-state index in [1.54, 1.807) is 0 Å². The summed E-state index contributed by atoms with van der Waals surface area (Å²) >= 11 is 0. The fraction of sp³-hybridized carbons (Fsp3) is 0.211. The molecule has 0 saturated carbocycles. The van der Waals surface area contributed by atoms with Crippen LogP contribution in [0.5, 0.6) is 0 Å². The minimum atomic E-state index is -0.413. The highest BCUT2D eigenvalue weighted by molar-refractivity contribution is 6.01. The number of rotatable bonds is 4. The van der Waals surface area contributed by atoms with Crippen molar-refractivity contribution in [3.05, 3.63) is 60.8 Å². The first-order valence-corrected chi connectivity index (χ1v) is 7.43. The van der Waals surface area contributed by atoms with Crippen LogP contribution in [-0.4, -0.2) is 22.2 Å². The monoisotopic (exact) mass is 292 g/mol. The second-order valence-electron chi connectivity index (χ2n) is 6.10. The second-order valence-corrected chi connectivity index (χ2v) is 6.10. The van der Waals surface area contributed by atoms with E-state index in [4.69, 9.17) is 0 Å². The molecule has 2 N–H and O–H groups in total. The first kappa shape index (κ1) is 14.5. The van der Waals surface area contributed by atoms with E-state index in [0.29, 0.717) is 0 Å². The van der Waals surface area contributed by atoms with Crippen molar-refractivity contribution in [3.8, 4) is 11.1 Å². The Morgan fingerprint density at radius 1 is 0.955 bits per heavy atom. The summed E-state index contributed by atoms with van der Waals surface area (Å²) in [5, 5.41) is 15.0. The van der Waals surface area contributed by atoms with Gasteiger partial charge in [0.2, 0.25) is 0 Å². The molecule has 0 unspecified atom stereocenters. The van der Waals surface area contributed by atoms with Crippen molar-refractivity contribution in [1.82, 2.24) is 4.98 Å². The van der Waals surface area contributed by atoms with Crippen LogP contribution in [0.3, 0.4) is 0 Å². The van der Waals surface area contributed by atoms with E-state index in [1.807, 2.05) is 50.4 Å².